The van der Waals surface area contributed by atoms with Crippen LogP contribution in [0.3, 0.4) is 0 Å². The van der Waals surface area contributed by atoms with Gasteiger partial charge in [0.25, 0.3) is 0 Å². The highest BCUT2D eigenvalue weighted by Gasteiger charge is 2.59. The van der Waals surface area contributed by atoms with E-state index in [9.17, 15) is 18.7 Å². The van der Waals surface area contributed by atoms with Crippen LogP contribution in [0, 0.1) is 0 Å². The highest BCUT2D eigenvalue weighted by atomic mass is 19.3. The molecule has 29 heavy (non-hydrogen) atoms. The molecule has 1 aliphatic rings. The number of nitrogens with one attached hydrogen (secondary N) is 1. The molecule has 164 valence electrons. The van der Waals surface area contributed by atoms with Crippen LogP contribution in [0.4, 0.5) is 14.6 Å². The topological polar surface area (TPSA) is 96.6 Å². The minimum Gasteiger partial charge on any atom is -0.394 e. The summed E-state index contributed by atoms with van der Waals surface area (Å²) in [6, 6.07) is 1.42. The van der Waals surface area contributed by atoms with Gasteiger partial charge in [0.1, 0.15) is 11.9 Å². The van der Waals surface area contributed by atoms with Gasteiger partial charge in [0.15, 0.2) is 6.10 Å². The van der Waals surface area contributed by atoms with E-state index >= 15 is 0 Å². The summed E-state index contributed by atoms with van der Waals surface area (Å²) in [5.41, 5.74) is -0.912. The summed E-state index contributed by atoms with van der Waals surface area (Å²) in [5.74, 6) is -3.41. The van der Waals surface area contributed by atoms with Gasteiger partial charge in [-0.05, 0) is 25.3 Å². The molecule has 0 spiro atoms. The molecule has 1 fully saturated rings. The lowest BCUT2D eigenvalue weighted by Crippen LogP contribution is -2.41. The number of ether oxygens (including phenoxy) is 1. The highest BCUT2D eigenvalue weighted by molar-refractivity contribution is 5.31. The molecule has 1 aromatic rings. The molecular weight excluding hydrogens is 384 g/mol. The average Bonchev–Trinajstić information content (AvgIpc) is 2.92. The third-order valence-electron chi connectivity index (χ3n) is 5.03. The first-order valence-electron chi connectivity index (χ1n) is 10.2. The SMILES string of the molecule is C=CCCCCCCCCCNc1ccn([C@@H]2O[C@H](CO)[C@@H](O)C2(F)F)c(=O)n1. The molecule has 0 aromatic carbocycles. The van der Waals surface area contributed by atoms with E-state index in [0.29, 0.717) is 16.9 Å². The summed E-state index contributed by atoms with van der Waals surface area (Å²) in [7, 11) is 0. The quantitative estimate of drug-likeness (QED) is 0.339. The van der Waals surface area contributed by atoms with Crippen molar-refractivity contribution in [2.75, 3.05) is 18.5 Å². The highest BCUT2D eigenvalue weighted by Crippen LogP contribution is 2.41. The zero-order valence-electron chi connectivity index (χ0n) is 16.6. The van der Waals surface area contributed by atoms with Gasteiger partial charge in [0.2, 0.25) is 6.23 Å². The van der Waals surface area contributed by atoms with Crippen LogP contribution in [0.5, 0.6) is 0 Å². The maximum atomic E-state index is 14.1. The van der Waals surface area contributed by atoms with Crippen LogP contribution in [-0.2, 0) is 4.74 Å². The third kappa shape index (κ3) is 6.32. The number of halogens is 2. The number of nitrogens with zero attached hydrogens (tertiary/aromatic N) is 2. The first kappa shape index (κ1) is 23.4. The lowest BCUT2D eigenvalue weighted by Gasteiger charge is -2.21. The Morgan fingerprint density at radius 2 is 1.90 bits per heavy atom. The van der Waals surface area contributed by atoms with Crippen molar-refractivity contribution in [1.82, 2.24) is 9.55 Å². The van der Waals surface area contributed by atoms with Crippen molar-refractivity contribution in [1.29, 1.82) is 0 Å². The number of aliphatic hydroxyl groups excluding tert-OH is 2. The number of aromatic nitrogens is 2. The summed E-state index contributed by atoms with van der Waals surface area (Å²) >= 11 is 0. The minimum atomic E-state index is -3.71. The smallest absolute Gasteiger partial charge is 0.351 e. The summed E-state index contributed by atoms with van der Waals surface area (Å²) in [5, 5.41) is 21.6. The van der Waals surface area contributed by atoms with Crippen molar-refractivity contribution in [3.05, 3.63) is 35.4 Å². The molecule has 0 bridgehead atoms. The second-order valence-corrected chi connectivity index (χ2v) is 7.31. The molecule has 3 N–H and O–H groups in total. The molecule has 0 unspecified atom stereocenters. The molecule has 0 radical (unpaired) electrons. The summed E-state index contributed by atoms with van der Waals surface area (Å²) in [6.45, 7) is 3.57. The fourth-order valence-corrected chi connectivity index (χ4v) is 3.32. The van der Waals surface area contributed by atoms with Gasteiger partial charge in [-0.15, -0.1) is 6.58 Å². The first-order valence-corrected chi connectivity index (χ1v) is 10.2. The number of alkyl halides is 2. The van der Waals surface area contributed by atoms with Gasteiger partial charge >= 0.3 is 11.6 Å². The summed E-state index contributed by atoms with van der Waals surface area (Å²) < 4.78 is 33.9. The Hall–Kier alpha value is -1.84. The fourth-order valence-electron chi connectivity index (χ4n) is 3.32. The third-order valence-corrected chi connectivity index (χ3v) is 5.03. The Kier molecular flexibility index (Phi) is 9.19. The minimum absolute atomic E-state index is 0.302. The Morgan fingerprint density at radius 3 is 2.48 bits per heavy atom. The Morgan fingerprint density at radius 1 is 1.24 bits per heavy atom. The molecule has 2 rings (SSSR count). The largest absolute Gasteiger partial charge is 0.394 e. The molecule has 1 saturated heterocycles. The molecule has 1 aromatic heterocycles. The van der Waals surface area contributed by atoms with Crippen LogP contribution in [0.15, 0.2) is 29.7 Å². The molecule has 0 aliphatic carbocycles. The number of hydrogen-bond donors (Lipinski definition) is 3. The lowest BCUT2D eigenvalue weighted by molar-refractivity contribution is -0.140. The molecule has 0 saturated carbocycles. The van der Waals surface area contributed by atoms with Crippen molar-refractivity contribution in [2.24, 2.45) is 0 Å². The number of anilines is 1. The van der Waals surface area contributed by atoms with Gasteiger partial charge in [-0.2, -0.15) is 13.8 Å². The summed E-state index contributed by atoms with van der Waals surface area (Å²) in [4.78, 5) is 15.9. The normalized spacial score (nSPS) is 23.2. The lowest BCUT2D eigenvalue weighted by atomic mass is 10.1. The monoisotopic (exact) mass is 415 g/mol. The van der Waals surface area contributed by atoms with Crippen LogP contribution < -0.4 is 11.0 Å². The van der Waals surface area contributed by atoms with Crippen molar-refractivity contribution < 1.29 is 23.7 Å². The van der Waals surface area contributed by atoms with Gasteiger partial charge in [-0.3, -0.25) is 4.57 Å². The van der Waals surface area contributed by atoms with E-state index in [4.69, 9.17) is 9.84 Å². The van der Waals surface area contributed by atoms with Crippen LogP contribution in [0.1, 0.15) is 57.6 Å². The fraction of sp³-hybridized carbons (Fsp3) is 0.700. The average molecular weight is 415 g/mol. The van der Waals surface area contributed by atoms with Crippen LogP contribution in [0.2, 0.25) is 0 Å². The zero-order valence-corrected chi connectivity index (χ0v) is 16.6. The molecule has 7 nitrogen and oxygen atoms in total. The number of rotatable bonds is 13. The number of allylic oxidation sites excluding steroid dienone is 1. The van der Waals surface area contributed by atoms with E-state index in [1.807, 2.05) is 6.08 Å². The van der Waals surface area contributed by atoms with Crippen molar-refractivity contribution in [3.8, 4) is 0 Å². The number of unbranched alkanes of at least 4 members (excludes halogenated alkanes) is 7. The van der Waals surface area contributed by atoms with Gasteiger partial charge in [0, 0.05) is 12.7 Å². The van der Waals surface area contributed by atoms with E-state index in [1.165, 1.54) is 31.7 Å². The molecule has 2 heterocycles. The molecule has 1 aliphatic heterocycles. The van der Waals surface area contributed by atoms with Crippen molar-refractivity contribution in [2.45, 2.75) is 75.7 Å². The number of aliphatic hydroxyl groups is 2. The Labute approximate surface area is 169 Å². The van der Waals surface area contributed by atoms with Gasteiger partial charge in [0.05, 0.1) is 6.61 Å². The van der Waals surface area contributed by atoms with Gasteiger partial charge in [-0.1, -0.05) is 38.2 Å². The molecular formula is C20H31F2N3O4. The van der Waals surface area contributed by atoms with Gasteiger partial charge < -0.3 is 20.3 Å². The maximum absolute atomic E-state index is 14.1. The predicted molar refractivity (Wildman–Crippen MR) is 106 cm³/mol. The number of hydrogen-bond acceptors (Lipinski definition) is 6. The Balaban J connectivity index is 1.76. The van der Waals surface area contributed by atoms with E-state index in [1.54, 1.807) is 0 Å². The van der Waals surface area contributed by atoms with Crippen LogP contribution in [0.25, 0.3) is 0 Å². The molecule has 0 amide bonds. The molecule has 9 heteroatoms. The van der Waals surface area contributed by atoms with Crippen molar-refractivity contribution in [3.63, 3.8) is 0 Å². The summed E-state index contributed by atoms with van der Waals surface area (Å²) in [6.07, 6.45) is 6.49. The Bertz CT molecular complexity index is 699. The maximum Gasteiger partial charge on any atom is 0.351 e. The van der Waals surface area contributed by atoms with Crippen molar-refractivity contribution >= 4 is 5.82 Å². The predicted octanol–water partition coefficient (Wildman–Crippen LogP) is 2.85. The standard InChI is InChI=1S/C20H31F2N3O4/c1-2-3-4-5-6-7-8-9-10-12-23-16-11-13-25(19(28)24-16)18-20(21,22)17(27)15(14-26)29-18/h2,11,13,15,17-18,26-27H,1,3-10,12,14H2,(H,23,24,28)/t15-,17-,18-/m1/s1. The molecule has 3 atom stereocenters. The van der Waals surface area contributed by atoms with Crippen LogP contribution in [-0.4, -0.2) is 51.0 Å². The zero-order chi connectivity index (χ0) is 21.3. The van der Waals surface area contributed by atoms with E-state index in [0.717, 1.165) is 31.9 Å². The van der Waals surface area contributed by atoms with E-state index in [-0.39, 0.29) is 0 Å². The van der Waals surface area contributed by atoms with E-state index < -0.39 is 36.7 Å². The van der Waals surface area contributed by atoms with Gasteiger partial charge in [-0.25, -0.2) is 4.79 Å². The first-order chi connectivity index (χ1) is 13.9. The second-order valence-electron chi connectivity index (χ2n) is 7.31. The van der Waals surface area contributed by atoms with E-state index in [2.05, 4.69) is 16.9 Å². The second kappa shape index (κ2) is 11.4. The van der Waals surface area contributed by atoms with Crippen LogP contribution >= 0.6 is 0 Å².